The minimum absolute atomic E-state index is 0.384. The maximum Gasteiger partial charge on any atom is 0.248 e. The fourth-order valence-corrected chi connectivity index (χ4v) is 2.27. The van der Waals surface area contributed by atoms with E-state index < -0.39 is 5.91 Å². The first-order valence-corrected chi connectivity index (χ1v) is 6.32. The number of methoxy groups -OCH3 is 1. The second-order valence-electron chi connectivity index (χ2n) is 4.58. The number of nitrogens with two attached hydrogens (primary N) is 1. The largest absolute Gasteiger partial charge is 0.381 e. The molecule has 3 N–H and O–H groups in total. The van der Waals surface area contributed by atoms with E-state index in [1.807, 2.05) is 6.07 Å². The topological polar surface area (TPSA) is 64.3 Å². The maximum atomic E-state index is 11.0. The Morgan fingerprint density at radius 1 is 1.56 bits per heavy atom. The van der Waals surface area contributed by atoms with Crippen LogP contribution in [0.3, 0.4) is 0 Å². The molecule has 1 aromatic rings. The van der Waals surface area contributed by atoms with Gasteiger partial charge in [0.25, 0.3) is 0 Å². The van der Waals surface area contributed by atoms with Gasteiger partial charge in [0.05, 0.1) is 6.10 Å². The summed E-state index contributed by atoms with van der Waals surface area (Å²) in [7, 11) is 1.74. The van der Waals surface area contributed by atoms with E-state index >= 15 is 0 Å². The van der Waals surface area contributed by atoms with Crippen LogP contribution < -0.4 is 11.1 Å². The Morgan fingerprint density at radius 2 is 2.28 bits per heavy atom. The van der Waals surface area contributed by atoms with E-state index in [0.29, 0.717) is 29.3 Å². The molecule has 2 rings (SSSR count). The van der Waals surface area contributed by atoms with Crippen molar-refractivity contribution in [1.29, 1.82) is 0 Å². The van der Waals surface area contributed by atoms with Crippen molar-refractivity contribution >= 4 is 17.5 Å². The van der Waals surface area contributed by atoms with Crippen molar-refractivity contribution in [3.05, 3.63) is 34.3 Å². The minimum atomic E-state index is -0.460. The molecule has 4 nitrogen and oxygen atoms in total. The molecule has 1 fully saturated rings. The van der Waals surface area contributed by atoms with E-state index in [1.54, 1.807) is 19.2 Å². The summed E-state index contributed by atoms with van der Waals surface area (Å²) in [4.78, 5) is 11.0. The lowest BCUT2D eigenvalue weighted by Gasteiger charge is -2.34. The Hall–Kier alpha value is -1.10. The van der Waals surface area contributed by atoms with Crippen LogP contribution in [0.1, 0.15) is 28.8 Å². The lowest BCUT2D eigenvalue weighted by molar-refractivity contribution is 0.0170. The summed E-state index contributed by atoms with van der Waals surface area (Å²) in [6.07, 6.45) is 2.45. The molecule has 1 aliphatic rings. The Balaban J connectivity index is 1.88. The van der Waals surface area contributed by atoms with Crippen LogP contribution in [0.15, 0.2) is 18.2 Å². The fourth-order valence-electron chi connectivity index (χ4n) is 2.02. The quantitative estimate of drug-likeness (QED) is 0.854. The van der Waals surface area contributed by atoms with Gasteiger partial charge in [0.1, 0.15) is 0 Å². The van der Waals surface area contributed by atoms with E-state index in [4.69, 9.17) is 22.1 Å². The summed E-state index contributed by atoms with van der Waals surface area (Å²) in [6.45, 7) is 0.693. The minimum Gasteiger partial charge on any atom is -0.381 e. The number of carbonyl (C=O) groups is 1. The van der Waals surface area contributed by atoms with Crippen LogP contribution in [0.4, 0.5) is 0 Å². The second kappa shape index (κ2) is 5.69. The molecule has 0 aliphatic heterocycles. The molecule has 18 heavy (non-hydrogen) atoms. The van der Waals surface area contributed by atoms with Crippen molar-refractivity contribution in [2.24, 2.45) is 5.73 Å². The van der Waals surface area contributed by atoms with Crippen LogP contribution in [0, 0.1) is 0 Å². The van der Waals surface area contributed by atoms with Crippen LogP contribution in [-0.2, 0) is 11.3 Å². The van der Waals surface area contributed by atoms with E-state index in [-0.39, 0.29) is 0 Å². The molecule has 1 amide bonds. The molecule has 0 radical (unpaired) electrons. The summed E-state index contributed by atoms with van der Waals surface area (Å²) < 4.78 is 5.22. The van der Waals surface area contributed by atoms with Gasteiger partial charge in [-0.15, -0.1) is 0 Å². The molecule has 0 unspecified atom stereocenters. The molecule has 5 heteroatoms. The zero-order chi connectivity index (χ0) is 13.1. The fraction of sp³-hybridized carbons (Fsp3) is 0.462. The van der Waals surface area contributed by atoms with Crippen LogP contribution >= 0.6 is 11.6 Å². The van der Waals surface area contributed by atoms with Gasteiger partial charge in [0.15, 0.2) is 0 Å². The summed E-state index contributed by atoms with van der Waals surface area (Å²) in [5.41, 5.74) is 6.60. The average molecular weight is 269 g/mol. The molecular weight excluding hydrogens is 252 g/mol. The highest BCUT2D eigenvalue weighted by atomic mass is 35.5. The van der Waals surface area contributed by atoms with Gasteiger partial charge in [0.2, 0.25) is 5.91 Å². The first-order valence-electron chi connectivity index (χ1n) is 5.94. The second-order valence-corrected chi connectivity index (χ2v) is 4.98. The summed E-state index contributed by atoms with van der Waals surface area (Å²) in [5, 5.41) is 3.98. The number of ether oxygens (including phenoxy) is 1. The van der Waals surface area contributed by atoms with Crippen molar-refractivity contribution in [3.63, 3.8) is 0 Å². The molecule has 0 bridgehead atoms. The monoisotopic (exact) mass is 268 g/mol. The van der Waals surface area contributed by atoms with Crippen molar-refractivity contribution in [1.82, 2.24) is 5.32 Å². The van der Waals surface area contributed by atoms with E-state index in [0.717, 1.165) is 18.4 Å². The van der Waals surface area contributed by atoms with E-state index in [1.165, 1.54) is 0 Å². The van der Waals surface area contributed by atoms with Gasteiger partial charge >= 0.3 is 0 Å². The van der Waals surface area contributed by atoms with Gasteiger partial charge in [-0.05, 0) is 30.5 Å². The molecular formula is C13H17ClN2O2. The van der Waals surface area contributed by atoms with Crippen molar-refractivity contribution in [2.75, 3.05) is 7.11 Å². The predicted octanol–water partition coefficient (Wildman–Crippen LogP) is 1.71. The zero-order valence-electron chi connectivity index (χ0n) is 10.3. The van der Waals surface area contributed by atoms with Crippen LogP contribution in [0.5, 0.6) is 0 Å². The number of halogens is 1. The third-order valence-electron chi connectivity index (χ3n) is 3.35. The number of benzene rings is 1. The maximum absolute atomic E-state index is 11.0. The lowest BCUT2D eigenvalue weighted by Crippen LogP contribution is -2.44. The SMILES string of the molecule is COC1CC(NCc2ccc(C(N)=O)cc2Cl)C1. The normalized spacial score (nSPS) is 22.6. The number of hydrogen-bond donors (Lipinski definition) is 2. The smallest absolute Gasteiger partial charge is 0.248 e. The third-order valence-corrected chi connectivity index (χ3v) is 3.70. The number of rotatable bonds is 5. The van der Waals surface area contributed by atoms with Crippen molar-refractivity contribution < 1.29 is 9.53 Å². The molecule has 0 spiro atoms. The van der Waals surface area contributed by atoms with Gasteiger partial charge < -0.3 is 15.8 Å². The molecule has 1 aromatic carbocycles. The number of nitrogens with one attached hydrogen (secondary N) is 1. The molecule has 1 aliphatic carbocycles. The molecule has 0 heterocycles. The number of amides is 1. The Kier molecular flexibility index (Phi) is 4.22. The van der Waals surface area contributed by atoms with E-state index in [2.05, 4.69) is 5.32 Å². The van der Waals surface area contributed by atoms with Gasteiger partial charge in [-0.3, -0.25) is 4.79 Å². The molecule has 0 aromatic heterocycles. The first kappa shape index (κ1) is 13.3. The third kappa shape index (κ3) is 3.02. The van der Waals surface area contributed by atoms with E-state index in [9.17, 15) is 4.79 Å². The number of primary amides is 1. The van der Waals surface area contributed by atoms with Crippen LogP contribution in [0.25, 0.3) is 0 Å². The van der Waals surface area contributed by atoms with Crippen LogP contribution in [0.2, 0.25) is 5.02 Å². The first-order chi connectivity index (χ1) is 8.60. The van der Waals surface area contributed by atoms with Crippen molar-refractivity contribution in [3.8, 4) is 0 Å². The van der Waals surface area contributed by atoms with Gasteiger partial charge in [-0.1, -0.05) is 17.7 Å². The van der Waals surface area contributed by atoms with Gasteiger partial charge in [-0.25, -0.2) is 0 Å². The molecule has 98 valence electrons. The Morgan fingerprint density at radius 3 is 2.83 bits per heavy atom. The van der Waals surface area contributed by atoms with Crippen molar-refractivity contribution in [2.45, 2.75) is 31.5 Å². The number of carbonyl (C=O) groups excluding carboxylic acids is 1. The highest BCUT2D eigenvalue weighted by molar-refractivity contribution is 6.31. The summed E-state index contributed by atoms with van der Waals surface area (Å²) in [6, 6.07) is 5.63. The average Bonchev–Trinajstić information content (AvgIpc) is 2.28. The molecule has 0 atom stereocenters. The Labute approximate surface area is 111 Å². The van der Waals surface area contributed by atoms with Gasteiger partial charge in [-0.2, -0.15) is 0 Å². The number of hydrogen-bond acceptors (Lipinski definition) is 3. The molecule has 0 saturated heterocycles. The standard InChI is InChI=1S/C13H17ClN2O2/c1-18-11-5-10(6-11)16-7-9-3-2-8(13(15)17)4-12(9)14/h2-4,10-11,16H,5-7H2,1H3,(H2,15,17). The summed E-state index contributed by atoms with van der Waals surface area (Å²) in [5.74, 6) is -0.460. The van der Waals surface area contributed by atoms with Gasteiger partial charge in [0, 0.05) is 30.3 Å². The Bertz CT molecular complexity index is 445. The predicted molar refractivity (Wildman–Crippen MR) is 70.6 cm³/mol. The highest BCUT2D eigenvalue weighted by Gasteiger charge is 2.28. The lowest BCUT2D eigenvalue weighted by atomic mass is 9.89. The zero-order valence-corrected chi connectivity index (χ0v) is 11.0. The summed E-state index contributed by atoms with van der Waals surface area (Å²) >= 11 is 6.10. The van der Waals surface area contributed by atoms with Crippen LogP contribution in [-0.4, -0.2) is 25.2 Å². The molecule has 1 saturated carbocycles. The highest BCUT2D eigenvalue weighted by Crippen LogP contribution is 2.24.